The van der Waals surface area contributed by atoms with Crippen molar-refractivity contribution >= 4 is 15.9 Å². The number of hydrogen-bond donors (Lipinski definition) is 1. The first-order valence-electron chi connectivity index (χ1n) is 7.17. The summed E-state index contributed by atoms with van der Waals surface area (Å²) in [4.78, 5) is 0. The molecule has 0 aliphatic heterocycles. The highest BCUT2D eigenvalue weighted by Gasteiger charge is 2.25. The molecule has 106 valence electrons. The summed E-state index contributed by atoms with van der Waals surface area (Å²) in [7, 11) is 0. The first kappa shape index (κ1) is 14.9. The molecule has 1 aromatic rings. The first-order valence-corrected chi connectivity index (χ1v) is 7.96. The Hall–Kier alpha value is -0.540. The third-order valence-corrected chi connectivity index (χ3v) is 4.59. The van der Waals surface area contributed by atoms with E-state index in [1.165, 1.54) is 6.42 Å². The lowest BCUT2D eigenvalue weighted by Crippen LogP contribution is -2.28. The highest BCUT2D eigenvalue weighted by Crippen LogP contribution is 2.33. The van der Waals surface area contributed by atoms with Gasteiger partial charge in [-0.1, -0.05) is 35.8 Å². The summed E-state index contributed by atoms with van der Waals surface area (Å²) in [5.74, 6) is 2.48. The van der Waals surface area contributed by atoms with Gasteiger partial charge in [-0.3, -0.25) is 0 Å². The maximum Gasteiger partial charge on any atom is 0.120 e. The molecular formula is C16H24BrNO. The van der Waals surface area contributed by atoms with E-state index in [9.17, 15) is 0 Å². The van der Waals surface area contributed by atoms with E-state index in [1.54, 1.807) is 0 Å². The van der Waals surface area contributed by atoms with Crippen LogP contribution in [-0.4, -0.2) is 6.10 Å². The lowest BCUT2D eigenvalue weighted by molar-refractivity contribution is 0.101. The van der Waals surface area contributed by atoms with Crippen molar-refractivity contribution in [2.45, 2.75) is 52.2 Å². The second kappa shape index (κ2) is 6.27. The molecule has 19 heavy (non-hydrogen) atoms. The fraction of sp³-hybridized carbons (Fsp3) is 0.625. The van der Waals surface area contributed by atoms with E-state index < -0.39 is 0 Å². The van der Waals surface area contributed by atoms with E-state index in [0.717, 1.165) is 40.5 Å². The van der Waals surface area contributed by atoms with Gasteiger partial charge in [0.05, 0.1) is 6.10 Å². The van der Waals surface area contributed by atoms with Crippen molar-refractivity contribution in [3.63, 3.8) is 0 Å². The first-order chi connectivity index (χ1) is 8.95. The van der Waals surface area contributed by atoms with Gasteiger partial charge >= 0.3 is 0 Å². The molecule has 1 aliphatic rings. The van der Waals surface area contributed by atoms with Gasteiger partial charge in [0.25, 0.3) is 0 Å². The van der Waals surface area contributed by atoms with Gasteiger partial charge in [0.2, 0.25) is 0 Å². The van der Waals surface area contributed by atoms with Crippen molar-refractivity contribution in [3.05, 3.63) is 28.2 Å². The number of rotatable bonds is 3. The van der Waals surface area contributed by atoms with Gasteiger partial charge in [-0.25, -0.2) is 0 Å². The molecule has 0 aromatic heterocycles. The van der Waals surface area contributed by atoms with Crippen molar-refractivity contribution in [1.29, 1.82) is 0 Å². The maximum atomic E-state index is 6.14. The average molecular weight is 326 g/mol. The predicted octanol–water partition coefficient (Wildman–Crippen LogP) is 4.67. The Bertz CT molecular complexity index is 423. The number of hydrogen-bond acceptors (Lipinski definition) is 2. The molecule has 1 aliphatic carbocycles. The van der Waals surface area contributed by atoms with Crippen LogP contribution in [0, 0.1) is 11.8 Å². The predicted molar refractivity (Wildman–Crippen MR) is 83.3 cm³/mol. The Morgan fingerprint density at radius 1 is 1.21 bits per heavy atom. The van der Waals surface area contributed by atoms with E-state index in [-0.39, 0.29) is 6.04 Å². The van der Waals surface area contributed by atoms with Gasteiger partial charge in [0, 0.05) is 10.5 Å². The average Bonchev–Trinajstić information content (AvgIpc) is 2.26. The van der Waals surface area contributed by atoms with E-state index in [2.05, 4.69) is 35.8 Å². The largest absolute Gasteiger partial charge is 0.490 e. The maximum absolute atomic E-state index is 6.14. The SMILES string of the molecule is CC1CC(C)CC(Oc2ccc([C@H](C)N)c(Br)c2)C1. The third kappa shape index (κ3) is 3.96. The molecule has 1 aromatic carbocycles. The van der Waals surface area contributed by atoms with Crippen LogP contribution in [-0.2, 0) is 0 Å². The molecule has 0 spiro atoms. The Labute approximate surface area is 124 Å². The lowest BCUT2D eigenvalue weighted by Gasteiger charge is -2.31. The van der Waals surface area contributed by atoms with Crippen LogP contribution in [0.3, 0.4) is 0 Å². The van der Waals surface area contributed by atoms with E-state index in [4.69, 9.17) is 10.5 Å². The monoisotopic (exact) mass is 325 g/mol. The minimum Gasteiger partial charge on any atom is -0.490 e. The summed E-state index contributed by atoms with van der Waals surface area (Å²) in [5, 5.41) is 0. The number of ether oxygens (including phenoxy) is 1. The van der Waals surface area contributed by atoms with Gasteiger partial charge in [0.15, 0.2) is 0 Å². The molecule has 1 fully saturated rings. The Morgan fingerprint density at radius 2 is 1.84 bits per heavy atom. The van der Waals surface area contributed by atoms with Crippen molar-refractivity contribution in [2.75, 3.05) is 0 Å². The third-order valence-electron chi connectivity index (χ3n) is 3.90. The molecule has 0 amide bonds. The second-order valence-electron chi connectivity index (χ2n) is 6.13. The number of nitrogens with two attached hydrogens (primary N) is 1. The molecule has 0 bridgehead atoms. The van der Waals surface area contributed by atoms with Crippen molar-refractivity contribution < 1.29 is 4.74 Å². The fourth-order valence-corrected chi connectivity index (χ4v) is 3.83. The summed E-state index contributed by atoms with van der Waals surface area (Å²) >= 11 is 3.58. The highest BCUT2D eigenvalue weighted by molar-refractivity contribution is 9.10. The van der Waals surface area contributed by atoms with Crippen LogP contribution in [0.15, 0.2) is 22.7 Å². The molecule has 2 nitrogen and oxygen atoms in total. The van der Waals surface area contributed by atoms with Crippen LogP contribution in [0.4, 0.5) is 0 Å². The zero-order valence-corrected chi connectivity index (χ0v) is 13.6. The molecule has 2 unspecified atom stereocenters. The van der Waals surface area contributed by atoms with Gasteiger partial charge in [0.1, 0.15) is 5.75 Å². The van der Waals surface area contributed by atoms with Gasteiger partial charge in [-0.15, -0.1) is 0 Å². The quantitative estimate of drug-likeness (QED) is 0.876. The zero-order valence-electron chi connectivity index (χ0n) is 12.0. The molecule has 2 rings (SSSR count). The number of benzene rings is 1. The summed E-state index contributed by atoms with van der Waals surface area (Å²) in [6.07, 6.45) is 4.01. The molecule has 3 atom stereocenters. The van der Waals surface area contributed by atoms with Crippen LogP contribution in [0.1, 0.15) is 51.6 Å². The second-order valence-corrected chi connectivity index (χ2v) is 6.98. The fourth-order valence-electron chi connectivity index (χ4n) is 3.11. The lowest BCUT2D eigenvalue weighted by atomic mass is 9.82. The van der Waals surface area contributed by atoms with Gasteiger partial charge in [-0.05, 0) is 55.7 Å². The molecule has 3 heteroatoms. The Kier molecular flexibility index (Phi) is 4.91. The highest BCUT2D eigenvalue weighted by atomic mass is 79.9. The molecular weight excluding hydrogens is 302 g/mol. The minimum absolute atomic E-state index is 0.0400. The smallest absolute Gasteiger partial charge is 0.120 e. The Balaban J connectivity index is 2.05. The van der Waals surface area contributed by atoms with Crippen molar-refractivity contribution in [2.24, 2.45) is 17.6 Å². The van der Waals surface area contributed by atoms with Crippen LogP contribution >= 0.6 is 15.9 Å². The van der Waals surface area contributed by atoms with E-state index in [0.29, 0.717) is 6.10 Å². The number of halogens is 1. The summed E-state index contributed by atoms with van der Waals surface area (Å²) in [5.41, 5.74) is 7.04. The van der Waals surface area contributed by atoms with Crippen LogP contribution < -0.4 is 10.5 Å². The van der Waals surface area contributed by atoms with Crippen LogP contribution in [0.5, 0.6) is 5.75 Å². The van der Waals surface area contributed by atoms with Crippen molar-refractivity contribution in [1.82, 2.24) is 0 Å². The Morgan fingerprint density at radius 3 is 2.37 bits per heavy atom. The summed E-state index contributed by atoms with van der Waals surface area (Å²) in [6.45, 7) is 6.63. The summed E-state index contributed by atoms with van der Waals surface area (Å²) < 4.78 is 7.18. The summed E-state index contributed by atoms with van der Waals surface area (Å²) in [6, 6.07) is 6.17. The molecule has 2 N–H and O–H groups in total. The minimum atomic E-state index is 0.0400. The van der Waals surface area contributed by atoms with Gasteiger partial charge < -0.3 is 10.5 Å². The molecule has 0 heterocycles. The van der Waals surface area contributed by atoms with Gasteiger partial charge in [-0.2, -0.15) is 0 Å². The molecule has 0 radical (unpaired) electrons. The standard InChI is InChI=1S/C16H24BrNO/c1-10-6-11(2)8-14(7-10)19-13-4-5-15(12(3)18)16(17)9-13/h4-5,9-12,14H,6-8,18H2,1-3H3/t10?,11?,12-,14?/m0/s1. The normalized spacial score (nSPS) is 29.0. The topological polar surface area (TPSA) is 35.2 Å². The van der Waals surface area contributed by atoms with E-state index in [1.807, 2.05) is 19.1 Å². The molecule has 0 saturated heterocycles. The zero-order chi connectivity index (χ0) is 14.0. The van der Waals surface area contributed by atoms with Crippen LogP contribution in [0.25, 0.3) is 0 Å². The van der Waals surface area contributed by atoms with Crippen molar-refractivity contribution in [3.8, 4) is 5.75 Å². The molecule has 1 saturated carbocycles. The van der Waals surface area contributed by atoms with Crippen LogP contribution in [0.2, 0.25) is 0 Å². The van der Waals surface area contributed by atoms with E-state index >= 15 is 0 Å².